The molecule has 1 saturated heterocycles. The molecule has 1 saturated carbocycles. The molecule has 0 bridgehead atoms. The van der Waals surface area contributed by atoms with Crippen LogP contribution >= 0.6 is 0 Å². The minimum absolute atomic E-state index is 0.284. The third kappa shape index (κ3) is 3.04. The first kappa shape index (κ1) is 14.7. The maximum absolute atomic E-state index is 5.80. The number of hydrogen-bond acceptors (Lipinski definition) is 5. The summed E-state index contributed by atoms with van der Waals surface area (Å²) in [6, 6.07) is 2.61. The fourth-order valence-corrected chi connectivity index (χ4v) is 3.38. The molecule has 2 aliphatic rings. The predicted molar refractivity (Wildman–Crippen MR) is 81.4 cm³/mol. The Morgan fingerprint density at radius 2 is 1.90 bits per heavy atom. The van der Waals surface area contributed by atoms with Gasteiger partial charge in [-0.2, -0.15) is 0 Å². The van der Waals surface area contributed by atoms with Crippen molar-refractivity contribution >= 4 is 5.82 Å². The Hall–Kier alpha value is -1.20. The summed E-state index contributed by atoms with van der Waals surface area (Å²) in [5.41, 5.74) is 1.11. The van der Waals surface area contributed by atoms with Gasteiger partial charge in [0.25, 0.3) is 0 Å². The van der Waals surface area contributed by atoms with E-state index in [0.29, 0.717) is 6.04 Å². The summed E-state index contributed by atoms with van der Waals surface area (Å²) in [6.07, 6.45) is 5.07. The third-order valence-electron chi connectivity index (χ3n) is 4.68. The number of aromatic nitrogens is 2. The molecule has 5 heteroatoms. The summed E-state index contributed by atoms with van der Waals surface area (Å²) < 4.78 is 11.6. The van der Waals surface area contributed by atoms with E-state index in [1.807, 2.05) is 6.92 Å². The van der Waals surface area contributed by atoms with Crippen LogP contribution in [0.4, 0.5) is 5.82 Å². The van der Waals surface area contributed by atoms with Gasteiger partial charge in [-0.15, -0.1) is 0 Å². The molecular formula is C16H25N3O2. The normalized spacial score (nSPS) is 21.9. The monoisotopic (exact) mass is 291 g/mol. The predicted octanol–water partition coefficient (Wildman–Crippen LogP) is 2.47. The Kier molecular flexibility index (Phi) is 4.13. The molecule has 5 nitrogen and oxygen atoms in total. The topological polar surface area (TPSA) is 47.5 Å². The zero-order valence-corrected chi connectivity index (χ0v) is 13.3. The fourth-order valence-electron chi connectivity index (χ4n) is 3.38. The third-order valence-corrected chi connectivity index (χ3v) is 4.68. The maximum atomic E-state index is 5.80. The van der Waals surface area contributed by atoms with Gasteiger partial charge in [0.05, 0.1) is 13.2 Å². The van der Waals surface area contributed by atoms with Gasteiger partial charge in [0.2, 0.25) is 0 Å². The molecular weight excluding hydrogens is 266 g/mol. The number of rotatable bonds is 3. The molecule has 1 aliphatic carbocycles. The van der Waals surface area contributed by atoms with Gasteiger partial charge in [-0.1, -0.05) is 6.92 Å². The lowest BCUT2D eigenvalue weighted by molar-refractivity contribution is -0.178. The lowest BCUT2D eigenvalue weighted by Crippen LogP contribution is -2.43. The van der Waals surface area contributed by atoms with E-state index in [0.717, 1.165) is 62.7 Å². The second-order valence-electron chi connectivity index (χ2n) is 6.07. The molecule has 116 valence electrons. The van der Waals surface area contributed by atoms with E-state index in [2.05, 4.69) is 34.9 Å². The first-order chi connectivity index (χ1) is 10.1. The van der Waals surface area contributed by atoms with E-state index in [-0.39, 0.29) is 5.79 Å². The van der Waals surface area contributed by atoms with Gasteiger partial charge in [0.15, 0.2) is 5.79 Å². The van der Waals surface area contributed by atoms with Crippen molar-refractivity contribution in [2.75, 3.05) is 25.2 Å². The van der Waals surface area contributed by atoms with Crippen molar-refractivity contribution in [2.45, 2.75) is 57.8 Å². The van der Waals surface area contributed by atoms with Crippen molar-refractivity contribution in [3.05, 3.63) is 17.6 Å². The highest BCUT2D eigenvalue weighted by molar-refractivity contribution is 5.40. The first-order valence-corrected chi connectivity index (χ1v) is 7.97. The average molecular weight is 291 g/mol. The van der Waals surface area contributed by atoms with Gasteiger partial charge in [-0.25, -0.2) is 9.97 Å². The van der Waals surface area contributed by atoms with Crippen LogP contribution in [0.25, 0.3) is 0 Å². The van der Waals surface area contributed by atoms with Crippen molar-refractivity contribution in [1.29, 1.82) is 0 Å². The highest BCUT2D eigenvalue weighted by atomic mass is 16.7. The molecule has 1 aliphatic heterocycles. The molecule has 0 radical (unpaired) electrons. The Bertz CT molecular complexity index is 490. The number of aryl methyl sites for hydroxylation is 2. The first-order valence-electron chi connectivity index (χ1n) is 7.97. The molecule has 1 aromatic rings. The van der Waals surface area contributed by atoms with Crippen LogP contribution in [0.3, 0.4) is 0 Å². The van der Waals surface area contributed by atoms with E-state index in [9.17, 15) is 0 Å². The Morgan fingerprint density at radius 1 is 1.24 bits per heavy atom. The number of nitrogens with zero attached hydrogens (tertiary/aromatic N) is 3. The summed E-state index contributed by atoms with van der Waals surface area (Å²) in [5, 5.41) is 0. The van der Waals surface area contributed by atoms with Crippen LogP contribution in [0.5, 0.6) is 0 Å². The van der Waals surface area contributed by atoms with Crippen LogP contribution in [-0.4, -0.2) is 42.1 Å². The molecule has 0 unspecified atom stereocenters. The molecule has 3 rings (SSSR count). The summed E-state index contributed by atoms with van der Waals surface area (Å²) in [7, 11) is 2.14. The zero-order chi connectivity index (χ0) is 14.9. The average Bonchev–Trinajstić information content (AvgIpc) is 2.95. The van der Waals surface area contributed by atoms with Crippen LogP contribution in [0.15, 0.2) is 6.07 Å². The molecule has 1 spiro atoms. The molecule has 0 N–H and O–H groups in total. The highest BCUT2D eigenvalue weighted by Gasteiger charge is 2.41. The van der Waals surface area contributed by atoms with Gasteiger partial charge < -0.3 is 14.4 Å². The molecule has 0 aromatic carbocycles. The summed E-state index contributed by atoms with van der Waals surface area (Å²) in [6.45, 7) is 5.58. The quantitative estimate of drug-likeness (QED) is 0.856. The summed E-state index contributed by atoms with van der Waals surface area (Å²) in [5.74, 6) is 1.60. The van der Waals surface area contributed by atoms with Crippen molar-refractivity contribution in [3.63, 3.8) is 0 Å². The summed E-state index contributed by atoms with van der Waals surface area (Å²) >= 11 is 0. The van der Waals surface area contributed by atoms with E-state index in [1.165, 1.54) is 0 Å². The van der Waals surface area contributed by atoms with Crippen molar-refractivity contribution in [1.82, 2.24) is 9.97 Å². The molecule has 2 heterocycles. The number of hydrogen-bond donors (Lipinski definition) is 0. The molecule has 0 atom stereocenters. The minimum atomic E-state index is -0.284. The molecule has 21 heavy (non-hydrogen) atoms. The Labute approximate surface area is 126 Å². The van der Waals surface area contributed by atoms with E-state index in [1.54, 1.807) is 0 Å². The van der Waals surface area contributed by atoms with Crippen molar-refractivity contribution in [3.8, 4) is 0 Å². The summed E-state index contributed by atoms with van der Waals surface area (Å²) in [4.78, 5) is 11.4. The van der Waals surface area contributed by atoms with Crippen LogP contribution < -0.4 is 4.90 Å². The van der Waals surface area contributed by atoms with E-state index in [4.69, 9.17) is 9.47 Å². The largest absolute Gasteiger partial charge is 0.357 e. The lowest BCUT2D eigenvalue weighted by Gasteiger charge is -2.39. The van der Waals surface area contributed by atoms with Gasteiger partial charge in [0, 0.05) is 37.7 Å². The number of ether oxygens (including phenoxy) is 2. The van der Waals surface area contributed by atoms with Crippen LogP contribution in [-0.2, 0) is 15.9 Å². The van der Waals surface area contributed by atoms with Gasteiger partial charge in [0.1, 0.15) is 11.6 Å². The fraction of sp³-hybridized carbons (Fsp3) is 0.750. The second-order valence-corrected chi connectivity index (χ2v) is 6.07. The van der Waals surface area contributed by atoms with E-state index < -0.39 is 0 Å². The van der Waals surface area contributed by atoms with Crippen molar-refractivity contribution in [2.24, 2.45) is 0 Å². The standard InChI is InChI=1S/C16H25N3O2/c1-4-13-11-15(18-12(2)17-13)19(3)14-5-7-16(8-6-14)20-9-10-21-16/h11,14H,4-10H2,1-3H3. The van der Waals surface area contributed by atoms with Crippen LogP contribution in [0, 0.1) is 6.92 Å². The van der Waals surface area contributed by atoms with Crippen LogP contribution in [0.1, 0.15) is 44.1 Å². The zero-order valence-electron chi connectivity index (χ0n) is 13.3. The lowest BCUT2D eigenvalue weighted by atomic mass is 9.89. The van der Waals surface area contributed by atoms with E-state index >= 15 is 0 Å². The minimum Gasteiger partial charge on any atom is -0.357 e. The molecule has 1 aromatic heterocycles. The van der Waals surface area contributed by atoms with Gasteiger partial charge in [-0.05, 0) is 26.2 Å². The molecule has 2 fully saturated rings. The van der Waals surface area contributed by atoms with Crippen molar-refractivity contribution < 1.29 is 9.47 Å². The maximum Gasteiger partial charge on any atom is 0.168 e. The number of anilines is 1. The highest BCUT2D eigenvalue weighted by Crippen LogP contribution is 2.37. The second kappa shape index (κ2) is 5.89. The van der Waals surface area contributed by atoms with Gasteiger partial charge in [-0.3, -0.25) is 0 Å². The SMILES string of the molecule is CCc1cc(N(C)C2CCC3(CC2)OCCO3)nc(C)n1. The Balaban J connectivity index is 1.68. The smallest absolute Gasteiger partial charge is 0.168 e. The van der Waals surface area contributed by atoms with Crippen LogP contribution in [0.2, 0.25) is 0 Å². The molecule has 0 amide bonds. The Morgan fingerprint density at radius 3 is 2.52 bits per heavy atom. The van der Waals surface area contributed by atoms with Gasteiger partial charge >= 0.3 is 0 Å².